The zero-order valence-corrected chi connectivity index (χ0v) is 14.5. The van der Waals surface area contributed by atoms with Gasteiger partial charge >= 0.3 is 0 Å². The summed E-state index contributed by atoms with van der Waals surface area (Å²) in [4.78, 5) is 12.3. The standard InChI is InChI=1S/C19H22N2O2.ClH/c1-23-17-11-9-15(10-12-17)19(14-7-8-14)21-18(22)13-20-16-5-3-2-4-6-16;/h2-6,9-12,14,19-20H,7-8,13H2,1H3,(H,21,22);1H. The lowest BCUT2D eigenvalue weighted by Gasteiger charge is -2.19. The van der Waals surface area contributed by atoms with E-state index in [1.54, 1.807) is 7.11 Å². The van der Waals surface area contributed by atoms with Gasteiger partial charge in [0.2, 0.25) is 5.91 Å². The smallest absolute Gasteiger partial charge is 0.239 e. The van der Waals surface area contributed by atoms with E-state index in [2.05, 4.69) is 10.6 Å². The van der Waals surface area contributed by atoms with Gasteiger partial charge in [-0.15, -0.1) is 12.4 Å². The maximum absolute atomic E-state index is 12.3. The van der Waals surface area contributed by atoms with Crippen LogP contribution in [0.25, 0.3) is 0 Å². The first-order valence-electron chi connectivity index (χ1n) is 7.98. The van der Waals surface area contributed by atoms with Gasteiger partial charge in [-0.25, -0.2) is 0 Å². The van der Waals surface area contributed by atoms with Crippen molar-refractivity contribution in [1.82, 2.24) is 5.32 Å². The zero-order chi connectivity index (χ0) is 16.1. The van der Waals surface area contributed by atoms with Crippen molar-refractivity contribution in [2.24, 2.45) is 5.92 Å². The quantitative estimate of drug-likeness (QED) is 0.801. The monoisotopic (exact) mass is 346 g/mol. The molecule has 1 fully saturated rings. The molecule has 2 aromatic rings. The predicted octanol–water partition coefficient (Wildman–Crippen LogP) is 3.80. The summed E-state index contributed by atoms with van der Waals surface area (Å²) in [6.07, 6.45) is 2.34. The normalized spacial score (nSPS) is 14.2. The van der Waals surface area contributed by atoms with E-state index in [9.17, 15) is 4.79 Å². The summed E-state index contributed by atoms with van der Waals surface area (Å²) in [5.74, 6) is 1.39. The fourth-order valence-corrected chi connectivity index (χ4v) is 2.68. The number of carbonyl (C=O) groups is 1. The third-order valence-corrected chi connectivity index (χ3v) is 4.11. The fraction of sp³-hybridized carbons (Fsp3) is 0.316. The van der Waals surface area contributed by atoms with Gasteiger partial charge in [0.25, 0.3) is 0 Å². The number of carbonyl (C=O) groups excluding carboxylic acids is 1. The zero-order valence-electron chi connectivity index (χ0n) is 13.7. The van der Waals surface area contributed by atoms with Crippen LogP contribution in [0, 0.1) is 5.92 Å². The molecule has 1 amide bonds. The van der Waals surface area contributed by atoms with Crippen LogP contribution in [0.15, 0.2) is 54.6 Å². The topological polar surface area (TPSA) is 50.4 Å². The summed E-state index contributed by atoms with van der Waals surface area (Å²) < 4.78 is 5.20. The van der Waals surface area contributed by atoms with Gasteiger partial charge in [-0.05, 0) is 48.6 Å². The lowest BCUT2D eigenvalue weighted by Crippen LogP contribution is -2.34. The Hall–Kier alpha value is -2.20. The molecular formula is C19H23ClN2O2. The molecule has 0 saturated heterocycles. The average molecular weight is 347 g/mol. The molecule has 0 spiro atoms. The average Bonchev–Trinajstić information content (AvgIpc) is 3.44. The van der Waals surface area contributed by atoms with Gasteiger partial charge in [0.1, 0.15) is 5.75 Å². The molecule has 1 aliphatic rings. The van der Waals surface area contributed by atoms with E-state index in [1.807, 2.05) is 54.6 Å². The molecule has 3 rings (SSSR count). The maximum atomic E-state index is 12.3. The number of methoxy groups -OCH3 is 1. The SMILES string of the molecule is COc1ccc(C(NC(=O)CNc2ccccc2)C2CC2)cc1.Cl. The minimum absolute atomic E-state index is 0. The highest BCUT2D eigenvalue weighted by molar-refractivity contribution is 5.85. The maximum Gasteiger partial charge on any atom is 0.239 e. The van der Waals surface area contributed by atoms with Crippen molar-refractivity contribution in [3.05, 3.63) is 60.2 Å². The van der Waals surface area contributed by atoms with Crippen LogP contribution in [0.1, 0.15) is 24.4 Å². The molecule has 128 valence electrons. The Labute approximate surface area is 149 Å². The molecule has 0 radical (unpaired) electrons. The summed E-state index contributed by atoms with van der Waals surface area (Å²) in [6, 6.07) is 17.8. The number of benzene rings is 2. The number of amides is 1. The number of ether oxygens (including phenoxy) is 1. The molecule has 2 aromatic carbocycles. The van der Waals surface area contributed by atoms with Gasteiger partial charge in [0, 0.05) is 5.69 Å². The van der Waals surface area contributed by atoms with Crippen LogP contribution in [0.3, 0.4) is 0 Å². The van der Waals surface area contributed by atoms with E-state index in [1.165, 1.54) is 12.8 Å². The first-order valence-corrected chi connectivity index (χ1v) is 7.98. The molecule has 2 N–H and O–H groups in total. The fourth-order valence-electron chi connectivity index (χ4n) is 2.68. The largest absolute Gasteiger partial charge is 0.497 e. The number of anilines is 1. The van der Waals surface area contributed by atoms with E-state index >= 15 is 0 Å². The van der Waals surface area contributed by atoms with Gasteiger partial charge in [0.15, 0.2) is 0 Å². The Morgan fingerprint density at radius 3 is 2.38 bits per heavy atom. The Balaban J connectivity index is 0.00000208. The third kappa shape index (κ3) is 4.90. The molecular weight excluding hydrogens is 324 g/mol. The van der Waals surface area contributed by atoms with Crippen LogP contribution in [-0.4, -0.2) is 19.6 Å². The number of halogens is 1. The van der Waals surface area contributed by atoms with Gasteiger partial charge in [-0.3, -0.25) is 4.79 Å². The number of rotatable bonds is 7. The Kier molecular flexibility index (Phi) is 6.50. The molecule has 1 atom stereocenters. The van der Waals surface area contributed by atoms with E-state index in [-0.39, 0.29) is 30.9 Å². The molecule has 0 heterocycles. The summed E-state index contributed by atoms with van der Waals surface area (Å²) >= 11 is 0. The van der Waals surface area contributed by atoms with Gasteiger partial charge < -0.3 is 15.4 Å². The summed E-state index contributed by atoms with van der Waals surface area (Å²) in [5, 5.41) is 6.31. The Morgan fingerprint density at radius 1 is 1.12 bits per heavy atom. The second kappa shape index (κ2) is 8.60. The lowest BCUT2D eigenvalue weighted by molar-refractivity contribution is -0.120. The summed E-state index contributed by atoms with van der Waals surface area (Å²) in [6.45, 7) is 0.281. The highest BCUT2D eigenvalue weighted by atomic mass is 35.5. The lowest BCUT2D eigenvalue weighted by atomic mass is 10.0. The van der Waals surface area contributed by atoms with Crippen LogP contribution in [0.2, 0.25) is 0 Å². The highest BCUT2D eigenvalue weighted by Crippen LogP contribution is 2.41. The Bertz CT molecular complexity index is 642. The molecule has 4 nitrogen and oxygen atoms in total. The van der Waals surface area contributed by atoms with Crippen LogP contribution in [-0.2, 0) is 4.79 Å². The first kappa shape index (κ1) is 18.1. The van der Waals surface area contributed by atoms with Crippen LogP contribution >= 0.6 is 12.4 Å². The Morgan fingerprint density at radius 2 is 1.79 bits per heavy atom. The van der Waals surface area contributed by atoms with Crippen LogP contribution in [0.5, 0.6) is 5.75 Å². The molecule has 0 aromatic heterocycles. The minimum atomic E-state index is 0. The number of para-hydroxylation sites is 1. The van der Waals surface area contributed by atoms with Crippen LogP contribution in [0.4, 0.5) is 5.69 Å². The van der Waals surface area contributed by atoms with Gasteiger partial charge in [-0.2, -0.15) is 0 Å². The highest BCUT2D eigenvalue weighted by Gasteiger charge is 2.33. The van der Waals surface area contributed by atoms with Crippen molar-refractivity contribution in [2.45, 2.75) is 18.9 Å². The first-order chi connectivity index (χ1) is 11.3. The molecule has 1 unspecified atom stereocenters. The number of nitrogens with one attached hydrogen (secondary N) is 2. The molecule has 24 heavy (non-hydrogen) atoms. The summed E-state index contributed by atoms with van der Waals surface area (Å²) in [5.41, 5.74) is 2.09. The van der Waals surface area contributed by atoms with E-state index in [4.69, 9.17) is 4.74 Å². The second-order valence-corrected chi connectivity index (χ2v) is 5.88. The van der Waals surface area contributed by atoms with E-state index in [0.29, 0.717) is 5.92 Å². The molecule has 0 bridgehead atoms. The van der Waals surface area contributed by atoms with E-state index < -0.39 is 0 Å². The van der Waals surface area contributed by atoms with Crippen LogP contribution < -0.4 is 15.4 Å². The third-order valence-electron chi connectivity index (χ3n) is 4.11. The van der Waals surface area contributed by atoms with Crippen molar-refractivity contribution in [3.63, 3.8) is 0 Å². The van der Waals surface area contributed by atoms with Crippen molar-refractivity contribution < 1.29 is 9.53 Å². The molecule has 0 aliphatic heterocycles. The van der Waals surface area contributed by atoms with Crippen molar-refractivity contribution in [1.29, 1.82) is 0 Å². The van der Waals surface area contributed by atoms with Crippen molar-refractivity contribution >= 4 is 24.0 Å². The molecule has 1 saturated carbocycles. The predicted molar refractivity (Wildman–Crippen MR) is 98.8 cm³/mol. The van der Waals surface area contributed by atoms with Crippen molar-refractivity contribution in [2.75, 3.05) is 19.0 Å². The van der Waals surface area contributed by atoms with Gasteiger partial charge in [-0.1, -0.05) is 30.3 Å². The second-order valence-electron chi connectivity index (χ2n) is 5.88. The number of hydrogen-bond donors (Lipinski definition) is 2. The molecule has 1 aliphatic carbocycles. The molecule has 5 heteroatoms. The van der Waals surface area contributed by atoms with Gasteiger partial charge in [0.05, 0.1) is 19.7 Å². The summed E-state index contributed by atoms with van der Waals surface area (Å²) in [7, 11) is 1.66. The number of hydrogen-bond acceptors (Lipinski definition) is 3. The van der Waals surface area contributed by atoms with Crippen molar-refractivity contribution in [3.8, 4) is 5.75 Å². The van der Waals surface area contributed by atoms with E-state index in [0.717, 1.165) is 17.0 Å². The minimum Gasteiger partial charge on any atom is -0.497 e.